The van der Waals surface area contributed by atoms with Gasteiger partial charge in [-0.2, -0.15) is 0 Å². The number of aromatic nitrogens is 2. The van der Waals surface area contributed by atoms with E-state index in [-0.39, 0.29) is 35.1 Å². The minimum absolute atomic E-state index is 0.0149. The molecule has 2 atom stereocenters. The minimum Gasteiger partial charge on any atom is -0.471 e. The quantitative estimate of drug-likeness (QED) is 0.650. The van der Waals surface area contributed by atoms with E-state index < -0.39 is 43.6 Å². The number of nitrogens with two attached hydrogens (primary N) is 1. The van der Waals surface area contributed by atoms with Gasteiger partial charge in [-0.25, -0.2) is 27.2 Å². The van der Waals surface area contributed by atoms with Crippen molar-refractivity contribution < 1.29 is 27.0 Å². The number of rotatable bonds is 6. The maximum absolute atomic E-state index is 14.8. The van der Waals surface area contributed by atoms with Crippen LogP contribution in [0.1, 0.15) is 44.5 Å². The van der Waals surface area contributed by atoms with Crippen LogP contribution in [-0.2, 0) is 15.4 Å². The van der Waals surface area contributed by atoms with Crippen molar-refractivity contribution in [2.24, 2.45) is 10.7 Å². The third-order valence-electron chi connectivity index (χ3n) is 5.55. The third kappa shape index (κ3) is 4.88. The molecule has 0 radical (unpaired) electrons. The second-order valence-corrected chi connectivity index (χ2v) is 11.2. The fourth-order valence-corrected chi connectivity index (χ4v) is 4.98. The zero-order valence-corrected chi connectivity index (χ0v) is 19.5. The first-order chi connectivity index (χ1) is 15.3. The van der Waals surface area contributed by atoms with Crippen molar-refractivity contribution in [3.8, 4) is 5.88 Å². The molecule has 33 heavy (non-hydrogen) atoms. The average molecular weight is 481 g/mol. The molecule has 0 aliphatic carbocycles. The van der Waals surface area contributed by atoms with Crippen LogP contribution in [0.15, 0.2) is 35.6 Å². The van der Waals surface area contributed by atoms with Crippen LogP contribution in [0, 0.1) is 5.82 Å². The lowest BCUT2D eigenvalue weighted by atomic mass is 9.91. The monoisotopic (exact) mass is 480 g/mol. The number of nitrogens with zero attached hydrogens (tertiary/aromatic N) is 3. The Kier molecular flexibility index (Phi) is 6.58. The van der Waals surface area contributed by atoms with Crippen molar-refractivity contribution in [3.05, 3.63) is 53.2 Å². The van der Waals surface area contributed by atoms with Crippen molar-refractivity contribution in [2.75, 3.05) is 12.4 Å². The highest BCUT2D eigenvalue weighted by Crippen LogP contribution is 2.38. The molecule has 11 heteroatoms. The number of benzene rings is 1. The standard InChI is InChI=1S/C22H26F2N4O4S/c1-13(11-29)32-19-10-26-18(9-27-19)17(24)8-14-5-6-16(23)15(7-14)22(4)12-33(30,31)21(2,3)20(25)28-22/h5-10,13,29H,11-12H2,1-4H3,(H2,25,28)/b17-8-/t13-,22-/m0/s1. The molecule has 0 unspecified atom stereocenters. The Hall–Kier alpha value is -2.92. The molecular formula is C22H26F2N4O4S. The van der Waals surface area contributed by atoms with Gasteiger partial charge in [0.15, 0.2) is 15.7 Å². The highest BCUT2D eigenvalue weighted by molar-refractivity contribution is 7.93. The van der Waals surface area contributed by atoms with Crippen LogP contribution < -0.4 is 10.5 Å². The summed E-state index contributed by atoms with van der Waals surface area (Å²) in [6.07, 6.45) is 3.02. The van der Waals surface area contributed by atoms with Gasteiger partial charge in [0.25, 0.3) is 0 Å². The van der Waals surface area contributed by atoms with Crippen LogP contribution in [0.5, 0.6) is 5.88 Å². The van der Waals surface area contributed by atoms with Crippen molar-refractivity contribution in [2.45, 2.75) is 44.1 Å². The van der Waals surface area contributed by atoms with Crippen molar-refractivity contribution >= 4 is 27.6 Å². The second kappa shape index (κ2) is 8.79. The predicted octanol–water partition coefficient (Wildman–Crippen LogP) is 2.62. The van der Waals surface area contributed by atoms with E-state index >= 15 is 0 Å². The van der Waals surface area contributed by atoms with Gasteiger partial charge in [-0.15, -0.1) is 0 Å². The van der Waals surface area contributed by atoms with E-state index in [2.05, 4.69) is 15.0 Å². The zero-order chi connectivity index (χ0) is 24.6. The van der Waals surface area contributed by atoms with Gasteiger partial charge in [-0.3, -0.25) is 4.99 Å². The topological polar surface area (TPSA) is 128 Å². The summed E-state index contributed by atoms with van der Waals surface area (Å²) in [5.41, 5.74) is 4.64. The van der Waals surface area contributed by atoms with Crippen LogP contribution >= 0.6 is 0 Å². The molecule has 0 saturated carbocycles. The van der Waals surface area contributed by atoms with Gasteiger partial charge >= 0.3 is 0 Å². The van der Waals surface area contributed by atoms with Gasteiger partial charge < -0.3 is 15.6 Å². The van der Waals surface area contributed by atoms with Crippen LogP contribution in [0.25, 0.3) is 11.9 Å². The lowest BCUT2D eigenvalue weighted by Crippen LogP contribution is -2.55. The molecule has 1 aliphatic heterocycles. The summed E-state index contributed by atoms with van der Waals surface area (Å²) in [4.78, 5) is 12.2. The van der Waals surface area contributed by atoms with Gasteiger partial charge in [0.2, 0.25) is 5.88 Å². The fraction of sp³-hybridized carbons (Fsp3) is 0.409. The first kappa shape index (κ1) is 24.7. The molecule has 8 nitrogen and oxygen atoms in total. The van der Waals surface area contributed by atoms with Crippen molar-refractivity contribution in [3.63, 3.8) is 0 Å². The minimum atomic E-state index is -3.73. The molecule has 0 fully saturated rings. The summed E-state index contributed by atoms with van der Waals surface area (Å²) in [6.45, 7) is 5.81. The second-order valence-electron chi connectivity index (χ2n) is 8.62. The number of sulfone groups is 1. The molecule has 3 rings (SSSR count). The van der Waals surface area contributed by atoms with E-state index in [4.69, 9.17) is 15.6 Å². The highest BCUT2D eigenvalue weighted by atomic mass is 32.2. The Morgan fingerprint density at radius 1 is 1.30 bits per heavy atom. The molecule has 1 aromatic heterocycles. The van der Waals surface area contributed by atoms with Crippen molar-refractivity contribution in [1.29, 1.82) is 0 Å². The first-order valence-corrected chi connectivity index (χ1v) is 11.8. The Bertz CT molecular complexity index is 1210. The SMILES string of the molecule is C[C@@H](CO)Oc1cnc(/C(F)=C/c2ccc(F)c([C@]3(C)CS(=O)(=O)C(C)(C)C(N)=N3)c2)cn1. The first-order valence-electron chi connectivity index (χ1n) is 10.1. The molecule has 2 heterocycles. The normalized spacial score (nSPS) is 23.0. The van der Waals surface area contributed by atoms with E-state index in [1.54, 1.807) is 6.92 Å². The number of aliphatic imine (C=N–C) groups is 1. The number of aliphatic hydroxyl groups excluding tert-OH is 1. The van der Waals surface area contributed by atoms with Crippen LogP contribution in [0.2, 0.25) is 0 Å². The molecule has 3 N–H and O–H groups in total. The Morgan fingerprint density at radius 3 is 2.58 bits per heavy atom. The lowest BCUT2D eigenvalue weighted by Gasteiger charge is -2.38. The average Bonchev–Trinajstić information content (AvgIpc) is 2.73. The van der Waals surface area contributed by atoms with E-state index in [1.807, 2.05) is 0 Å². The maximum Gasteiger partial charge on any atom is 0.232 e. The molecule has 1 aliphatic rings. The van der Waals surface area contributed by atoms with Gasteiger partial charge in [0.05, 0.1) is 24.8 Å². The summed E-state index contributed by atoms with van der Waals surface area (Å²) in [7, 11) is -3.73. The molecule has 2 aromatic rings. The summed E-state index contributed by atoms with van der Waals surface area (Å²) in [5, 5.41) is 9.01. The molecule has 1 aromatic carbocycles. The molecule has 0 saturated heterocycles. The highest BCUT2D eigenvalue weighted by Gasteiger charge is 2.49. The number of hydrogen-bond acceptors (Lipinski definition) is 8. The predicted molar refractivity (Wildman–Crippen MR) is 121 cm³/mol. The van der Waals surface area contributed by atoms with E-state index in [0.717, 1.165) is 18.3 Å². The van der Waals surface area contributed by atoms with Gasteiger partial charge in [-0.05, 0) is 51.5 Å². The summed E-state index contributed by atoms with van der Waals surface area (Å²) in [6, 6.07) is 3.81. The number of hydrogen-bond donors (Lipinski definition) is 2. The number of ether oxygens (including phenoxy) is 1. The Labute approximate surface area is 191 Å². The van der Waals surface area contributed by atoms with Crippen LogP contribution in [0.4, 0.5) is 8.78 Å². The molecule has 178 valence electrons. The Morgan fingerprint density at radius 2 is 2.00 bits per heavy atom. The summed E-state index contributed by atoms with van der Waals surface area (Å²) < 4.78 is 59.0. The Balaban J connectivity index is 1.95. The van der Waals surface area contributed by atoms with Crippen molar-refractivity contribution in [1.82, 2.24) is 9.97 Å². The third-order valence-corrected chi connectivity index (χ3v) is 8.25. The molecular weight excluding hydrogens is 454 g/mol. The largest absolute Gasteiger partial charge is 0.471 e. The van der Waals surface area contributed by atoms with Gasteiger partial charge in [0, 0.05) is 5.56 Å². The van der Waals surface area contributed by atoms with Gasteiger partial charge in [0.1, 0.15) is 33.7 Å². The molecule has 0 spiro atoms. The lowest BCUT2D eigenvalue weighted by molar-refractivity contribution is 0.124. The smallest absolute Gasteiger partial charge is 0.232 e. The zero-order valence-electron chi connectivity index (χ0n) is 18.7. The fourth-order valence-electron chi connectivity index (χ4n) is 3.29. The van der Waals surface area contributed by atoms with Crippen LogP contribution in [0.3, 0.4) is 0 Å². The molecule has 0 bridgehead atoms. The van der Waals surface area contributed by atoms with Gasteiger partial charge in [-0.1, -0.05) is 6.07 Å². The van der Waals surface area contributed by atoms with E-state index in [1.165, 1.54) is 39.1 Å². The number of amidine groups is 1. The maximum atomic E-state index is 14.8. The van der Waals surface area contributed by atoms with E-state index in [9.17, 15) is 17.2 Å². The number of halogens is 2. The van der Waals surface area contributed by atoms with Crippen LogP contribution in [-0.4, -0.2) is 52.5 Å². The summed E-state index contributed by atoms with van der Waals surface area (Å²) >= 11 is 0. The molecule has 0 amide bonds. The summed E-state index contributed by atoms with van der Waals surface area (Å²) in [5.74, 6) is -1.86. The van der Waals surface area contributed by atoms with E-state index in [0.29, 0.717) is 0 Å². The number of aliphatic hydroxyl groups is 1.